The second kappa shape index (κ2) is 3.51. The van der Waals surface area contributed by atoms with E-state index in [4.69, 9.17) is 4.55 Å². The van der Waals surface area contributed by atoms with Crippen molar-refractivity contribution in [2.24, 2.45) is 0 Å². The molecule has 0 aliphatic heterocycles. The molecule has 0 aliphatic carbocycles. The van der Waals surface area contributed by atoms with Gasteiger partial charge in [-0.25, -0.2) is 0 Å². The van der Waals surface area contributed by atoms with Crippen LogP contribution in [0.1, 0.15) is 0 Å². The zero-order valence-electron chi connectivity index (χ0n) is 7.63. The van der Waals surface area contributed by atoms with Crippen molar-refractivity contribution in [1.82, 2.24) is 4.98 Å². The molecule has 2 aromatic rings. The van der Waals surface area contributed by atoms with Gasteiger partial charge >= 0.3 is 4.87 Å². The van der Waals surface area contributed by atoms with Crippen LogP contribution >= 0.6 is 11.3 Å². The highest BCUT2D eigenvalue weighted by atomic mass is 32.2. The van der Waals surface area contributed by atoms with Gasteiger partial charge in [0.1, 0.15) is 0 Å². The topological polar surface area (TPSA) is 104 Å². The van der Waals surface area contributed by atoms with Gasteiger partial charge in [0.15, 0.2) is 0 Å². The summed E-state index contributed by atoms with van der Waals surface area (Å²) in [5.41, 5.74) is -0.677. The summed E-state index contributed by atoms with van der Waals surface area (Å²) in [5.74, 6) is 0. The molecular weight excluding hydrogens is 254 g/mol. The Hall–Kier alpha value is -1.51. The van der Waals surface area contributed by atoms with E-state index in [1.165, 1.54) is 6.07 Å². The van der Waals surface area contributed by atoms with Gasteiger partial charge in [-0.3, -0.25) is 19.1 Å². The summed E-state index contributed by atoms with van der Waals surface area (Å²) in [6.45, 7) is 0. The summed E-state index contributed by atoms with van der Waals surface area (Å²) in [7, 11) is -4.35. The Morgan fingerprint density at radius 2 is 1.94 bits per heavy atom. The Kier molecular flexibility index (Phi) is 2.41. The Labute approximate surface area is 92.9 Å². The predicted octanol–water partition coefficient (Wildman–Crippen LogP) is 0.197. The SMILES string of the molecule is O=c1[nH]c(=O)c2cc(S(=O)(=O)O)ccc2s1. The van der Waals surface area contributed by atoms with Gasteiger partial charge in [0.05, 0.1) is 10.3 Å². The molecule has 84 valence electrons. The number of benzene rings is 1. The number of hydrogen-bond acceptors (Lipinski definition) is 5. The number of hydrogen-bond donors (Lipinski definition) is 2. The lowest BCUT2D eigenvalue weighted by atomic mass is 10.3. The number of fused-ring (bicyclic) bond motifs is 1. The van der Waals surface area contributed by atoms with Crippen LogP contribution in [0.5, 0.6) is 0 Å². The summed E-state index contributed by atoms with van der Waals surface area (Å²) in [5, 5.41) is 0.0553. The summed E-state index contributed by atoms with van der Waals surface area (Å²) in [4.78, 5) is 23.5. The highest BCUT2D eigenvalue weighted by Gasteiger charge is 2.11. The third-order valence-electron chi connectivity index (χ3n) is 1.91. The van der Waals surface area contributed by atoms with Crippen LogP contribution in [-0.4, -0.2) is 18.0 Å². The van der Waals surface area contributed by atoms with Crippen molar-refractivity contribution in [3.63, 3.8) is 0 Å². The lowest BCUT2D eigenvalue weighted by Gasteiger charge is -1.98. The molecule has 0 radical (unpaired) electrons. The first-order valence-electron chi connectivity index (χ1n) is 4.02. The van der Waals surface area contributed by atoms with E-state index in [-0.39, 0.29) is 10.3 Å². The molecule has 1 aromatic heterocycles. The third-order valence-corrected chi connectivity index (χ3v) is 3.62. The molecule has 0 bridgehead atoms. The summed E-state index contributed by atoms with van der Waals surface area (Å²) in [6, 6.07) is 3.46. The van der Waals surface area contributed by atoms with Gasteiger partial charge in [0.2, 0.25) is 0 Å². The van der Waals surface area contributed by atoms with Gasteiger partial charge in [-0.15, -0.1) is 0 Å². The zero-order chi connectivity index (χ0) is 11.9. The van der Waals surface area contributed by atoms with Crippen LogP contribution in [0.25, 0.3) is 10.1 Å². The van der Waals surface area contributed by atoms with E-state index < -0.39 is 20.6 Å². The average molecular weight is 259 g/mol. The fraction of sp³-hybridized carbons (Fsp3) is 0. The molecule has 1 aromatic carbocycles. The minimum absolute atomic E-state index is 0.0553. The molecule has 16 heavy (non-hydrogen) atoms. The monoisotopic (exact) mass is 259 g/mol. The average Bonchev–Trinajstić information content (AvgIpc) is 2.15. The van der Waals surface area contributed by atoms with Crippen molar-refractivity contribution >= 4 is 31.5 Å². The van der Waals surface area contributed by atoms with Crippen molar-refractivity contribution in [1.29, 1.82) is 0 Å². The highest BCUT2D eigenvalue weighted by Crippen LogP contribution is 2.16. The number of aromatic nitrogens is 1. The molecule has 2 rings (SSSR count). The Morgan fingerprint density at radius 3 is 2.56 bits per heavy atom. The maximum absolute atomic E-state index is 11.4. The first kappa shape index (κ1) is 11.0. The quantitative estimate of drug-likeness (QED) is 0.712. The lowest BCUT2D eigenvalue weighted by Crippen LogP contribution is -2.16. The Balaban J connectivity index is 2.93. The summed E-state index contributed by atoms with van der Waals surface area (Å²) < 4.78 is 30.8. The minimum atomic E-state index is -4.35. The smallest absolute Gasteiger partial charge is 0.282 e. The third kappa shape index (κ3) is 1.90. The fourth-order valence-electron chi connectivity index (χ4n) is 1.22. The fourth-order valence-corrected chi connectivity index (χ4v) is 2.47. The molecule has 0 saturated carbocycles. The van der Waals surface area contributed by atoms with Crippen LogP contribution in [0.4, 0.5) is 0 Å². The van der Waals surface area contributed by atoms with Gasteiger partial charge < -0.3 is 0 Å². The van der Waals surface area contributed by atoms with E-state index in [0.717, 1.165) is 23.5 Å². The number of H-pyrrole nitrogens is 1. The molecule has 0 amide bonds. The second-order valence-electron chi connectivity index (χ2n) is 2.98. The molecule has 6 nitrogen and oxygen atoms in total. The molecule has 2 N–H and O–H groups in total. The van der Waals surface area contributed by atoms with E-state index in [1.54, 1.807) is 0 Å². The molecule has 0 atom stereocenters. The van der Waals surface area contributed by atoms with Gasteiger partial charge in [-0.2, -0.15) is 8.42 Å². The van der Waals surface area contributed by atoms with E-state index >= 15 is 0 Å². The van der Waals surface area contributed by atoms with Crippen molar-refractivity contribution in [2.75, 3.05) is 0 Å². The normalized spacial score (nSPS) is 11.8. The second-order valence-corrected chi connectivity index (χ2v) is 5.41. The summed E-state index contributed by atoms with van der Waals surface area (Å²) in [6.07, 6.45) is 0. The van der Waals surface area contributed by atoms with Crippen LogP contribution < -0.4 is 10.4 Å². The predicted molar refractivity (Wildman–Crippen MR) is 58.5 cm³/mol. The maximum Gasteiger partial charge on any atom is 0.307 e. The van der Waals surface area contributed by atoms with E-state index in [2.05, 4.69) is 0 Å². The van der Waals surface area contributed by atoms with Crippen LogP contribution in [-0.2, 0) is 10.1 Å². The molecule has 0 fully saturated rings. The number of aromatic amines is 1. The molecular formula is C8H5NO5S2. The van der Waals surface area contributed by atoms with E-state index in [0.29, 0.717) is 4.70 Å². The largest absolute Gasteiger partial charge is 0.307 e. The zero-order valence-corrected chi connectivity index (χ0v) is 9.26. The first-order chi connectivity index (χ1) is 7.38. The number of nitrogens with one attached hydrogen (secondary N) is 1. The highest BCUT2D eigenvalue weighted by molar-refractivity contribution is 7.85. The van der Waals surface area contributed by atoms with Crippen molar-refractivity contribution in [3.05, 3.63) is 38.2 Å². The van der Waals surface area contributed by atoms with Crippen molar-refractivity contribution in [2.45, 2.75) is 4.90 Å². The molecule has 0 aliphatic rings. The van der Waals surface area contributed by atoms with Crippen molar-refractivity contribution < 1.29 is 13.0 Å². The van der Waals surface area contributed by atoms with Gasteiger partial charge in [-0.1, -0.05) is 11.3 Å². The minimum Gasteiger partial charge on any atom is -0.282 e. The van der Waals surface area contributed by atoms with Gasteiger partial charge in [0, 0.05) is 4.70 Å². The molecule has 0 unspecified atom stereocenters. The van der Waals surface area contributed by atoms with E-state index in [1.807, 2.05) is 4.98 Å². The van der Waals surface area contributed by atoms with Gasteiger partial charge in [-0.05, 0) is 18.2 Å². The maximum atomic E-state index is 11.4. The number of rotatable bonds is 1. The van der Waals surface area contributed by atoms with Crippen molar-refractivity contribution in [3.8, 4) is 0 Å². The van der Waals surface area contributed by atoms with Crippen LogP contribution in [0, 0.1) is 0 Å². The Bertz CT molecular complexity index is 771. The Morgan fingerprint density at radius 1 is 1.25 bits per heavy atom. The van der Waals surface area contributed by atoms with Gasteiger partial charge in [0.25, 0.3) is 15.7 Å². The van der Waals surface area contributed by atoms with Crippen LogP contribution in [0.2, 0.25) is 0 Å². The molecule has 1 heterocycles. The molecule has 0 saturated heterocycles. The lowest BCUT2D eigenvalue weighted by molar-refractivity contribution is 0.483. The van der Waals surface area contributed by atoms with Crippen LogP contribution in [0.3, 0.4) is 0 Å². The molecule has 0 spiro atoms. The molecule has 8 heteroatoms. The summed E-state index contributed by atoms with van der Waals surface area (Å²) >= 11 is 0.788. The van der Waals surface area contributed by atoms with E-state index in [9.17, 15) is 18.0 Å². The van der Waals surface area contributed by atoms with Crippen LogP contribution in [0.15, 0.2) is 32.7 Å². The first-order valence-corrected chi connectivity index (χ1v) is 6.28. The standard InChI is InChI=1S/C8H5NO5S2/c10-7-5-3-4(16(12,13)14)1-2-6(5)15-8(11)9-7/h1-3H,(H,9,10,11)(H,12,13,14).